The Morgan fingerprint density at radius 1 is 1.38 bits per heavy atom. The molecule has 0 fully saturated rings. The summed E-state index contributed by atoms with van der Waals surface area (Å²) in [6.07, 6.45) is 2.95. The number of nitrogens with one attached hydrogen (secondary N) is 1. The molecule has 1 atom stereocenters. The monoisotopic (exact) mass is 218 g/mol. The van der Waals surface area contributed by atoms with Crippen LogP contribution in [-0.4, -0.2) is 0 Å². The van der Waals surface area contributed by atoms with Gasteiger partial charge < -0.3 is 0 Å². The van der Waals surface area contributed by atoms with E-state index in [1.807, 2.05) is 0 Å². The molecule has 0 aliphatic heterocycles. The van der Waals surface area contributed by atoms with Gasteiger partial charge in [-0.2, -0.15) is 0 Å². The van der Waals surface area contributed by atoms with Gasteiger partial charge in [0.15, 0.2) is 0 Å². The fraction of sp³-hybridized carbons (Fsp3) is 0.429. The van der Waals surface area contributed by atoms with E-state index < -0.39 is 0 Å². The van der Waals surface area contributed by atoms with Crippen molar-refractivity contribution in [3.05, 3.63) is 47.5 Å². The Kier molecular flexibility index (Phi) is 5.23. The van der Waals surface area contributed by atoms with Crippen molar-refractivity contribution >= 4 is 0 Å². The summed E-state index contributed by atoms with van der Waals surface area (Å²) in [7, 11) is 0. The van der Waals surface area contributed by atoms with Gasteiger partial charge in [-0.3, -0.25) is 11.3 Å². The Morgan fingerprint density at radius 3 is 2.62 bits per heavy atom. The van der Waals surface area contributed by atoms with Crippen molar-refractivity contribution in [1.82, 2.24) is 5.43 Å². The van der Waals surface area contributed by atoms with Gasteiger partial charge >= 0.3 is 0 Å². The van der Waals surface area contributed by atoms with Crippen LogP contribution in [0.4, 0.5) is 0 Å². The number of hydrogen-bond donors (Lipinski definition) is 2. The van der Waals surface area contributed by atoms with Crippen molar-refractivity contribution in [1.29, 1.82) is 0 Å². The lowest BCUT2D eigenvalue weighted by Gasteiger charge is -2.20. The molecule has 1 unspecified atom stereocenters. The molecule has 0 aliphatic rings. The molecule has 3 N–H and O–H groups in total. The third-order valence-electron chi connectivity index (χ3n) is 3.01. The van der Waals surface area contributed by atoms with E-state index in [0.717, 1.165) is 19.3 Å². The van der Waals surface area contributed by atoms with E-state index in [1.165, 1.54) is 16.7 Å². The number of hydrazine groups is 1. The first-order chi connectivity index (χ1) is 7.72. The molecule has 0 heterocycles. The summed E-state index contributed by atoms with van der Waals surface area (Å²) < 4.78 is 0. The van der Waals surface area contributed by atoms with Crippen molar-refractivity contribution in [3.63, 3.8) is 0 Å². The lowest BCUT2D eigenvalue weighted by Crippen LogP contribution is -2.29. The Bertz CT molecular complexity index is 344. The van der Waals surface area contributed by atoms with Crippen LogP contribution >= 0.6 is 0 Å². The van der Waals surface area contributed by atoms with Crippen molar-refractivity contribution < 1.29 is 0 Å². The van der Waals surface area contributed by atoms with Crippen LogP contribution in [0.15, 0.2) is 36.4 Å². The van der Waals surface area contributed by atoms with E-state index in [9.17, 15) is 0 Å². The normalized spacial score (nSPS) is 12.4. The third kappa shape index (κ3) is 3.19. The Labute approximate surface area is 98.5 Å². The van der Waals surface area contributed by atoms with Crippen molar-refractivity contribution in [2.75, 3.05) is 0 Å². The van der Waals surface area contributed by atoms with Crippen molar-refractivity contribution in [2.24, 2.45) is 5.84 Å². The zero-order valence-corrected chi connectivity index (χ0v) is 10.3. The molecule has 0 aromatic heterocycles. The first-order valence-electron chi connectivity index (χ1n) is 5.93. The number of rotatable bonds is 6. The van der Waals surface area contributed by atoms with Crippen LogP contribution in [0.25, 0.3) is 0 Å². The van der Waals surface area contributed by atoms with E-state index in [-0.39, 0.29) is 6.04 Å². The average molecular weight is 218 g/mol. The highest BCUT2D eigenvalue weighted by atomic mass is 15.2. The summed E-state index contributed by atoms with van der Waals surface area (Å²) in [5, 5.41) is 0. The Hall–Kier alpha value is -1.12. The third-order valence-corrected chi connectivity index (χ3v) is 3.01. The van der Waals surface area contributed by atoms with Gasteiger partial charge in [-0.1, -0.05) is 50.3 Å². The maximum atomic E-state index is 5.64. The molecule has 0 spiro atoms. The fourth-order valence-corrected chi connectivity index (χ4v) is 1.89. The quantitative estimate of drug-likeness (QED) is 0.437. The minimum Gasteiger partial charge on any atom is -0.271 e. The predicted octanol–water partition coefficient (Wildman–Crippen LogP) is 3.11. The molecule has 16 heavy (non-hydrogen) atoms. The average Bonchev–Trinajstić information content (AvgIpc) is 2.35. The first kappa shape index (κ1) is 12.9. The second-order valence-electron chi connectivity index (χ2n) is 4.08. The second kappa shape index (κ2) is 6.46. The SMILES string of the molecule is C=C(CC)CC(NN)c1ccccc1CC. The minimum absolute atomic E-state index is 0.184. The van der Waals surface area contributed by atoms with Crippen LogP contribution in [0.5, 0.6) is 0 Å². The zero-order chi connectivity index (χ0) is 12.0. The number of nitrogens with two attached hydrogens (primary N) is 1. The van der Waals surface area contributed by atoms with Crippen LogP contribution in [0.3, 0.4) is 0 Å². The van der Waals surface area contributed by atoms with Crippen LogP contribution in [0, 0.1) is 0 Å². The van der Waals surface area contributed by atoms with Crippen LogP contribution in [0.1, 0.15) is 43.9 Å². The van der Waals surface area contributed by atoms with Crippen molar-refractivity contribution in [2.45, 2.75) is 39.2 Å². The number of aryl methyl sites for hydroxylation is 1. The topological polar surface area (TPSA) is 38.0 Å². The largest absolute Gasteiger partial charge is 0.271 e. The van der Waals surface area contributed by atoms with Crippen LogP contribution < -0.4 is 11.3 Å². The first-order valence-corrected chi connectivity index (χ1v) is 5.93. The van der Waals surface area contributed by atoms with Gasteiger partial charge in [0.1, 0.15) is 0 Å². The van der Waals surface area contributed by atoms with Crippen molar-refractivity contribution in [3.8, 4) is 0 Å². The fourth-order valence-electron chi connectivity index (χ4n) is 1.89. The van der Waals surface area contributed by atoms with E-state index in [0.29, 0.717) is 0 Å². The maximum Gasteiger partial charge on any atom is 0.0499 e. The second-order valence-corrected chi connectivity index (χ2v) is 4.08. The van der Waals surface area contributed by atoms with Gasteiger partial charge in [0, 0.05) is 6.04 Å². The minimum atomic E-state index is 0.184. The number of hydrogen-bond acceptors (Lipinski definition) is 2. The lowest BCUT2D eigenvalue weighted by molar-refractivity contribution is 0.541. The summed E-state index contributed by atoms with van der Waals surface area (Å²) in [6.45, 7) is 8.34. The highest BCUT2D eigenvalue weighted by molar-refractivity contribution is 5.30. The lowest BCUT2D eigenvalue weighted by atomic mass is 9.94. The predicted molar refractivity (Wildman–Crippen MR) is 69.9 cm³/mol. The molecule has 1 aromatic rings. The summed E-state index contributed by atoms with van der Waals surface area (Å²) in [5.41, 5.74) is 6.78. The summed E-state index contributed by atoms with van der Waals surface area (Å²) >= 11 is 0. The molecule has 0 radical (unpaired) electrons. The molecule has 1 rings (SSSR count). The van der Waals surface area contributed by atoms with Gasteiger partial charge in [-0.15, -0.1) is 0 Å². The molecule has 88 valence electrons. The Balaban J connectivity index is 2.89. The van der Waals surface area contributed by atoms with Gasteiger partial charge in [-0.05, 0) is 30.4 Å². The van der Waals surface area contributed by atoms with E-state index >= 15 is 0 Å². The van der Waals surface area contributed by atoms with E-state index in [2.05, 4.69) is 50.1 Å². The van der Waals surface area contributed by atoms with Gasteiger partial charge in [0.05, 0.1) is 0 Å². The molecule has 0 aliphatic carbocycles. The molecular formula is C14H22N2. The molecule has 0 bridgehead atoms. The summed E-state index contributed by atoms with van der Waals surface area (Å²) in [6, 6.07) is 8.63. The molecule has 0 saturated carbocycles. The molecule has 0 saturated heterocycles. The summed E-state index contributed by atoms with van der Waals surface area (Å²) in [4.78, 5) is 0. The highest BCUT2D eigenvalue weighted by Gasteiger charge is 2.13. The van der Waals surface area contributed by atoms with Crippen LogP contribution in [-0.2, 0) is 6.42 Å². The van der Waals surface area contributed by atoms with E-state index in [1.54, 1.807) is 0 Å². The molecular weight excluding hydrogens is 196 g/mol. The van der Waals surface area contributed by atoms with Gasteiger partial charge in [0.2, 0.25) is 0 Å². The van der Waals surface area contributed by atoms with E-state index in [4.69, 9.17) is 5.84 Å². The van der Waals surface area contributed by atoms with Gasteiger partial charge in [0.25, 0.3) is 0 Å². The van der Waals surface area contributed by atoms with Gasteiger partial charge in [-0.25, -0.2) is 0 Å². The molecule has 1 aromatic carbocycles. The maximum absolute atomic E-state index is 5.64. The molecule has 0 amide bonds. The molecule has 2 heteroatoms. The Morgan fingerprint density at radius 2 is 2.06 bits per heavy atom. The smallest absolute Gasteiger partial charge is 0.0499 e. The summed E-state index contributed by atoms with van der Waals surface area (Å²) in [5.74, 6) is 5.64. The highest BCUT2D eigenvalue weighted by Crippen LogP contribution is 2.24. The van der Waals surface area contributed by atoms with Crippen LogP contribution in [0.2, 0.25) is 0 Å². The molecule has 2 nitrogen and oxygen atoms in total. The standard InChI is InChI=1S/C14H22N2/c1-4-11(3)10-14(16-15)13-9-7-6-8-12(13)5-2/h6-9,14,16H,3-5,10,15H2,1-2H3. The zero-order valence-electron chi connectivity index (χ0n) is 10.3. The number of benzene rings is 1.